The molecule has 3 aliphatic carbocycles. The molecule has 3 fully saturated rings. The molecule has 0 bridgehead atoms. The molecule has 0 aromatic carbocycles. The van der Waals surface area contributed by atoms with Crippen molar-refractivity contribution in [2.75, 3.05) is 68.5 Å². The van der Waals surface area contributed by atoms with Gasteiger partial charge in [-0.25, -0.2) is 29.9 Å². The van der Waals surface area contributed by atoms with Crippen LogP contribution in [-0.4, -0.2) is 161 Å². The predicted octanol–water partition coefficient (Wildman–Crippen LogP) is 15.2. The van der Waals surface area contributed by atoms with Gasteiger partial charge in [-0.05, 0) is 166 Å². The molecule has 15 heterocycles. The maximum atomic E-state index is 10.1. The summed E-state index contributed by atoms with van der Waals surface area (Å²) < 4.78 is 12.7. The van der Waals surface area contributed by atoms with E-state index in [-0.39, 0.29) is 24.9 Å². The maximum absolute atomic E-state index is 10.1. The first-order chi connectivity index (χ1) is 53.5. The molecule has 0 unspecified atom stereocenters. The van der Waals surface area contributed by atoms with Crippen molar-refractivity contribution < 1.29 is 19.4 Å². The minimum atomic E-state index is -1.66. The summed E-state index contributed by atoms with van der Waals surface area (Å²) in [7, 11) is -1.66. The zero-order chi connectivity index (χ0) is 76.0. The summed E-state index contributed by atoms with van der Waals surface area (Å²) in [5.74, 6) is 6.46. The molecule has 3 saturated carbocycles. The second-order valence-corrected chi connectivity index (χ2v) is 37.6. The highest BCUT2D eigenvalue weighted by Crippen LogP contribution is 2.43. The summed E-state index contributed by atoms with van der Waals surface area (Å²) in [6, 6.07) is 19.9. The van der Waals surface area contributed by atoms with Crippen LogP contribution in [0.2, 0.25) is 18.1 Å². The van der Waals surface area contributed by atoms with E-state index < -0.39 is 8.32 Å². The Kier molecular flexibility index (Phi) is 23.2. The summed E-state index contributed by atoms with van der Waals surface area (Å²) in [4.78, 5) is 71.2. The van der Waals surface area contributed by atoms with E-state index in [0.29, 0.717) is 49.1 Å². The number of anilines is 6. The van der Waals surface area contributed by atoms with Crippen LogP contribution in [0.3, 0.4) is 0 Å². The largest absolute Gasteiger partial charge is 0.410 e. The summed E-state index contributed by atoms with van der Waals surface area (Å²) in [6.07, 6.45) is 35.3. The topological polar surface area (TPSA) is 291 Å². The van der Waals surface area contributed by atoms with Crippen LogP contribution >= 0.6 is 0 Å². The molecule has 110 heavy (non-hydrogen) atoms. The van der Waals surface area contributed by atoms with E-state index in [1.54, 1.807) is 0 Å². The number of aliphatic hydroxyl groups is 2. The van der Waals surface area contributed by atoms with Gasteiger partial charge in [0.15, 0.2) is 8.32 Å². The fourth-order valence-corrected chi connectivity index (χ4v) is 17.7. The Balaban J connectivity index is 0.000000123. The highest BCUT2D eigenvalue weighted by Gasteiger charge is 2.37. The normalized spacial score (nSPS) is 20.4. The van der Waals surface area contributed by atoms with E-state index >= 15 is 0 Å². The van der Waals surface area contributed by atoms with Crippen molar-refractivity contribution in [1.82, 2.24) is 88.6 Å². The Hall–Kier alpha value is -9.41. The fraction of sp³-hybridized carbons (Fsp3) is 0.488. The van der Waals surface area contributed by atoms with Gasteiger partial charge in [-0.3, -0.25) is 24.8 Å². The summed E-state index contributed by atoms with van der Waals surface area (Å²) >= 11 is 0. The number of aldehydes is 1. The molecule has 576 valence electrons. The number of β-amino-alcohol motifs (C(OH)–C–C–N with tert-alkyl or cyclic N) is 2. The maximum Gasteiger partial charge on any atom is 0.230 e. The zero-order valence-electron chi connectivity index (χ0n) is 65.1. The van der Waals surface area contributed by atoms with E-state index in [0.717, 1.165) is 178 Å². The quantitative estimate of drug-likeness (QED) is 0.0387. The summed E-state index contributed by atoms with van der Waals surface area (Å²) in [5, 5.41) is 38.8. The number of carbonyl (C=O) groups is 1. The third kappa shape index (κ3) is 16.8. The first-order valence-corrected chi connectivity index (χ1v) is 42.9. The minimum Gasteiger partial charge on any atom is -0.410 e. The molecule has 3 aliphatic heterocycles. The number of aromatic nitrogens is 15. The molecule has 12 aromatic heterocycles. The van der Waals surface area contributed by atoms with Gasteiger partial charge in [0.2, 0.25) is 17.8 Å². The van der Waals surface area contributed by atoms with E-state index in [9.17, 15) is 15.0 Å². The number of rotatable bonds is 16. The SMILES string of the molecule is CC(C)(C)[Si](C)(C)OCC=O.CC1CCC(n2c3cnccc3c3cnc(Nc4ccc5c(n4)CCN(CCO)C5)nc32)CC1.CC1CCC(n2c3cnccc3c3cnc(Nc4ccc5c(n4)CCN(CCO)C5)nc32)CC1.CC1CCC(n2c3cnccc3c3cnc(Nc4ccc5c(n4)CCNC5)nc32)CC1. The van der Waals surface area contributed by atoms with Gasteiger partial charge < -0.3 is 54.4 Å². The van der Waals surface area contributed by atoms with Crippen LogP contribution in [0.25, 0.3) is 65.8 Å². The van der Waals surface area contributed by atoms with Gasteiger partial charge in [-0.15, -0.1) is 0 Å². The second kappa shape index (κ2) is 33.7. The van der Waals surface area contributed by atoms with Crippen LogP contribution in [-0.2, 0) is 48.1 Å². The lowest BCUT2D eigenvalue weighted by Gasteiger charge is -2.35. The fourth-order valence-electron chi connectivity index (χ4n) is 16.8. The van der Waals surface area contributed by atoms with E-state index in [1.807, 2.05) is 74.0 Å². The lowest BCUT2D eigenvalue weighted by molar-refractivity contribution is -0.109. The van der Waals surface area contributed by atoms with Gasteiger partial charge in [0, 0.05) is 176 Å². The molecule has 0 radical (unpaired) electrons. The number of fused-ring (bicyclic) bond motifs is 12. The van der Waals surface area contributed by atoms with Gasteiger partial charge in [-0.2, -0.15) is 15.0 Å². The predicted molar refractivity (Wildman–Crippen MR) is 438 cm³/mol. The highest BCUT2D eigenvalue weighted by atomic mass is 28.4. The number of hydrogen-bond donors (Lipinski definition) is 6. The van der Waals surface area contributed by atoms with Crippen LogP contribution in [0, 0.1) is 17.8 Å². The van der Waals surface area contributed by atoms with E-state index in [1.165, 1.54) is 99.1 Å². The lowest BCUT2D eigenvalue weighted by Crippen LogP contribution is -2.41. The Labute approximate surface area is 644 Å². The molecule has 6 N–H and O–H groups in total. The molecule has 0 spiro atoms. The first-order valence-electron chi connectivity index (χ1n) is 40.0. The average Bonchev–Trinajstić information content (AvgIpc) is 1.61. The molecule has 18 rings (SSSR count). The van der Waals surface area contributed by atoms with Crippen molar-refractivity contribution in [3.8, 4) is 0 Å². The molecular formula is C84H107N21O4Si. The monoisotopic (exact) mass is 1500 g/mol. The molecular weight excluding hydrogens is 1400 g/mol. The molecule has 26 heteroatoms. The van der Waals surface area contributed by atoms with Crippen LogP contribution in [0.5, 0.6) is 0 Å². The number of aliphatic hydroxyl groups excluding tert-OH is 2. The number of pyridine rings is 6. The summed E-state index contributed by atoms with van der Waals surface area (Å²) in [5.41, 5.74) is 13.5. The van der Waals surface area contributed by atoms with Gasteiger partial charge in [0.05, 0.1) is 55.0 Å². The minimum absolute atomic E-state index is 0.189. The standard InChI is InChI=1S/2C26H31N7O.C24H27N7.C8H18O2Si/c2*1-17-2-5-19(6-3-17)33-23-15-27-10-8-20(23)21-14-28-26(31-25(21)33)30-24-7-4-18-16-32(12-13-34)11-9-22(18)29-24;1-15-2-5-17(6-3-15)31-21-14-26-10-8-18(21)19-13-27-24(30-23(19)31)29-22-7-4-16-12-25-11-9-20(16)28-22;1-8(2,3)11(4,5)10-7-6-9/h2*4,7-8,10,14-15,17,19,34H,2-3,5-6,9,11-13,16H2,1H3,(H,28,29,30,31);4,7-8,10,13-15,17,25H,2-3,5-6,9,11-12H2,1H3,(H,27,28,29,30);6H,7H2,1-5H3. The third-order valence-corrected chi connectivity index (χ3v) is 28.6. The number of carbonyl (C=O) groups excluding carboxylic acids is 1. The molecule has 0 saturated heterocycles. The Morgan fingerprint density at radius 1 is 0.482 bits per heavy atom. The molecule has 12 aromatic rings. The molecule has 0 atom stereocenters. The molecule has 0 amide bonds. The average molecular weight is 1500 g/mol. The van der Waals surface area contributed by atoms with Crippen molar-refractivity contribution in [2.24, 2.45) is 17.8 Å². The van der Waals surface area contributed by atoms with Crippen molar-refractivity contribution in [2.45, 2.75) is 194 Å². The Morgan fingerprint density at radius 2 is 0.845 bits per heavy atom. The second-order valence-electron chi connectivity index (χ2n) is 32.8. The Morgan fingerprint density at radius 3 is 1.20 bits per heavy atom. The van der Waals surface area contributed by atoms with Gasteiger partial charge in [0.25, 0.3) is 0 Å². The van der Waals surface area contributed by atoms with Crippen LogP contribution in [0.4, 0.5) is 35.3 Å². The van der Waals surface area contributed by atoms with Crippen LogP contribution in [0.15, 0.2) is 110 Å². The smallest absolute Gasteiger partial charge is 0.230 e. The zero-order valence-corrected chi connectivity index (χ0v) is 66.1. The van der Waals surface area contributed by atoms with Crippen LogP contribution in [0.1, 0.15) is 170 Å². The van der Waals surface area contributed by atoms with Crippen LogP contribution < -0.4 is 21.3 Å². The van der Waals surface area contributed by atoms with E-state index in [4.69, 9.17) is 34.3 Å². The number of nitrogens with one attached hydrogen (secondary N) is 4. The van der Waals surface area contributed by atoms with Crippen molar-refractivity contribution in [3.63, 3.8) is 0 Å². The van der Waals surface area contributed by atoms with E-state index in [2.05, 4.69) is 166 Å². The molecule has 6 aliphatic rings. The van der Waals surface area contributed by atoms with Crippen molar-refractivity contribution in [3.05, 3.63) is 144 Å². The Bertz CT molecular complexity index is 5000. The number of hydrogen-bond acceptors (Lipinski definition) is 22. The lowest BCUT2D eigenvalue weighted by atomic mass is 9.87. The third-order valence-electron chi connectivity index (χ3n) is 24.1. The van der Waals surface area contributed by atoms with Gasteiger partial charge in [-0.1, -0.05) is 59.7 Å². The molecule has 25 nitrogen and oxygen atoms in total. The summed E-state index contributed by atoms with van der Waals surface area (Å²) in [6.45, 7) is 25.2. The highest BCUT2D eigenvalue weighted by molar-refractivity contribution is 6.74. The van der Waals surface area contributed by atoms with Crippen molar-refractivity contribution in [1.29, 1.82) is 0 Å². The van der Waals surface area contributed by atoms with Gasteiger partial charge >= 0.3 is 0 Å². The first kappa shape index (κ1) is 76.0. The number of nitrogens with zero attached hydrogens (tertiary/aromatic N) is 17. The van der Waals surface area contributed by atoms with Crippen molar-refractivity contribution >= 4 is 116 Å². The van der Waals surface area contributed by atoms with Gasteiger partial charge in [0.1, 0.15) is 40.7 Å².